The zero-order chi connectivity index (χ0) is 15.8. The van der Waals surface area contributed by atoms with E-state index in [1.807, 2.05) is 0 Å². The van der Waals surface area contributed by atoms with E-state index in [0.717, 1.165) is 16.4 Å². The van der Waals surface area contributed by atoms with Crippen LogP contribution in [0.25, 0.3) is 0 Å². The molecule has 1 aliphatic rings. The van der Waals surface area contributed by atoms with Crippen LogP contribution in [-0.2, 0) is 16.2 Å². The van der Waals surface area contributed by atoms with E-state index in [9.17, 15) is 21.6 Å². The van der Waals surface area contributed by atoms with Crippen LogP contribution in [0.15, 0.2) is 23.1 Å². The molecule has 0 unspecified atom stereocenters. The molecule has 10 heteroatoms. The lowest BCUT2D eigenvalue weighted by Gasteiger charge is -2.31. The largest absolute Gasteiger partial charge is 0.416 e. The molecule has 1 heterocycles. The molecule has 4 nitrogen and oxygen atoms in total. The molecule has 1 fully saturated rings. The Kier molecular flexibility index (Phi) is 6.14. The van der Waals surface area contributed by atoms with E-state index in [4.69, 9.17) is 11.6 Å². The van der Waals surface area contributed by atoms with Crippen molar-refractivity contribution in [2.45, 2.75) is 24.0 Å². The van der Waals surface area contributed by atoms with Crippen LogP contribution < -0.4 is 5.32 Å². The van der Waals surface area contributed by atoms with E-state index in [0.29, 0.717) is 12.6 Å². The Balaban J connectivity index is 0.00000242. The van der Waals surface area contributed by atoms with Gasteiger partial charge in [-0.25, -0.2) is 8.42 Å². The van der Waals surface area contributed by atoms with E-state index in [2.05, 4.69) is 5.32 Å². The third kappa shape index (κ3) is 4.05. The van der Waals surface area contributed by atoms with Gasteiger partial charge >= 0.3 is 6.18 Å². The maximum absolute atomic E-state index is 12.7. The summed E-state index contributed by atoms with van der Waals surface area (Å²) in [5.74, 6) is 0. The summed E-state index contributed by atoms with van der Waals surface area (Å²) in [6.45, 7) is 2.63. The highest BCUT2D eigenvalue weighted by Crippen LogP contribution is 2.34. The van der Waals surface area contributed by atoms with Gasteiger partial charge in [-0.1, -0.05) is 11.6 Å². The molecule has 1 aromatic rings. The van der Waals surface area contributed by atoms with Crippen molar-refractivity contribution < 1.29 is 21.6 Å². The van der Waals surface area contributed by atoms with Gasteiger partial charge in [0.1, 0.15) is 4.90 Å². The molecule has 126 valence electrons. The van der Waals surface area contributed by atoms with Gasteiger partial charge in [-0.2, -0.15) is 17.5 Å². The maximum Gasteiger partial charge on any atom is 0.416 e. The lowest BCUT2D eigenvalue weighted by atomic mass is 10.2. The van der Waals surface area contributed by atoms with Gasteiger partial charge in [0, 0.05) is 25.7 Å². The molecule has 0 radical (unpaired) electrons. The molecule has 1 atom stereocenters. The van der Waals surface area contributed by atoms with Crippen LogP contribution in [0.4, 0.5) is 13.2 Å². The number of halogens is 5. The van der Waals surface area contributed by atoms with Crippen molar-refractivity contribution >= 4 is 34.0 Å². The average Bonchev–Trinajstić information content (AvgIpc) is 2.37. The van der Waals surface area contributed by atoms with E-state index < -0.39 is 26.7 Å². The third-order valence-electron chi connectivity index (χ3n) is 3.21. The fraction of sp³-hybridized carbons (Fsp3) is 0.500. The number of hydrogen-bond donors (Lipinski definition) is 1. The van der Waals surface area contributed by atoms with Crippen molar-refractivity contribution in [1.82, 2.24) is 9.62 Å². The molecule has 1 N–H and O–H groups in total. The summed E-state index contributed by atoms with van der Waals surface area (Å²) in [5, 5.41) is 2.85. The summed E-state index contributed by atoms with van der Waals surface area (Å²) >= 11 is 5.80. The highest BCUT2D eigenvalue weighted by molar-refractivity contribution is 7.89. The second-order valence-electron chi connectivity index (χ2n) is 4.86. The standard InChI is InChI=1S/C12H14ClF3N2O2S.ClH/c1-8-7-18(5-4-17-8)21(19,20)11-6-9(12(14,15)16)2-3-10(11)13;/h2-3,6,8,17H,4-5,7H2,1H3;1H/t8-;/m0./s1. The van der Waals surface area contributed by atoms with Crippen molar-refractivity contribution in [3.8, 4) is 0 Å². The van der Waals surface area contributed by atoms with E-state index in [-0.39, 0.29) is 36.6 Å². The third-order valence-corrected chi connectivity index (χ3v) is 5.55. The fourth-order valence-electron chi connectivity index (χ4n) is 2.13. The predicted molar refractivity (Wildman–Crippen MR) is 79.9 cm³/mol. The summed E-state index contributed by atoms with van der Waals surface area (Å²) in [6.07, 6.45) is -4.62. The highest BCUT2D eigenvalue weighted by atomic mass is 35.5. The van der Waals surface area contributed by atoms with Crippen molar-refractivity contribution in [2.75, 3.05) is 19.6 Å². The van der Waals surface area contributed by atoms with Crippen LogP contribution >= 0.6 is 24.0 Å². The number of alkyl halides is 3. The first-order valence-corrected chi connectivity index (χ1v) is 8.04. The number of rotatable bonds is 2. The number of benzene rings is 1. The Morgan fingerprint density at radius 3 is 2.55 bits per heavy atom. The predicted octanol–water partition coefficient (Wildman–Crippen LogP) is 2.76. The van der Waals surface area contributed by atoms with Crippen LogP contribution in [0.5, 0.6) is 0 Å². The second-order valence-corrected chi connectivity index (χ2v) is 7.17. The Bertz CT molecular complexity index is 638. The van der Waals surface area contributed by atoms with Crippen LogP contribution in [0, 0.1) is 0 Å². The maximum atomic E-state index is 12.7. The molecule has 22 heavy (non-hydrogen) atoms. The van der Waals surface area contributed by atoms with Crippen molar-refractivity contribution in [2.24, 2.45) is 0 Å². The molecule has 1 aromatic carbocycles. The highest BCUT2D eigenvalue weighted by Gasteiger charge is 2.35. The fourth-order valence-corrected chi connectivity index (χ4v) is 4.16. The summed E-state index contributed by atoms with van der Waals surface area (Å²) in [5.41, 5.74) is -1.03. The monoisotopic (exact) mass is 378 g/mol. The van der Waals surface area contributed by atoms with E-state index >= 15 is 0 Å². The van der Waals surface area contributed by atoms with Gasteiger partial charge in [0.05, 0.1) is 10.6 Å². The van der Waals surface area contributed by atoms with E-state index in [1.54, 1.807) is 6.92 Å². The molecular weight excluding hydrogens is 364 g/mol. The van der Waals surface area contributed by atoms with Gasteiger partial charge in [0.15, 0.2) is 0 Å². The molecule has 2 rings (SSSR count). The molecule has 0 aromatic heterocycles. The summed E-state index contributed by atoms with van der Waals surface area (Å²) in [7, 11) is -4.05. The van der Waals surface area contributed by atoms with Crippen molar-refractivity contribution in [1.29, 1.82) is 0 Å². The first kappa shape index (κ1) is 19.5. The first-order valence-electron chi connectivity index (χ1n) is 6.22. The summed E-state index contributed by atoms with van der Waals surface area (Å²) < 4.78 is 64.3. The quantitative estimate of drug-likeness (QED) is 0.860. The Hall–Kier alpha value is -0.540. The minimum absolute atomic E-state index is 0. The average molecular weight is 379 g/mol. The smallest absolute Gasteiger partial charge is 0.312 e. The van der Waals surface area contributed by atoms with E-state index in [1.165, 1.54) is 0 Å². The zero-order valence-corrected chi connectivity index (χ0v) is 13.9. The van der Waals surface area contributed by atoms with Gasteiger partial charge in [0.25, 0.3) is 0 Å². The summed E-state index contributed by atoms with van der Waals surface area (Å²) in [6, 6.07) is 2.24. The molecule has 0 bridgehead atoms. The number of nitrogens with zero attached hydrogens (tertiary/aromatic N) is 1. The Morgan fingerprint density at radius 2 is 2.00 bits per heavy atom. The van der Waals surface area contributed by atoms with Crippen molar-refractivity contribution in [3.05, 3.63) is 28.8 Å². The first-order chi connectivity index (χ1) is 9.62. The molecule has 0 aliphatic carbocycles. The topological polar surface area (TPSA) is 49.4 Å². The molecule has 0 saturated carbocycles. The minimum Gasteiger partial charge on any atom is -0.312 e. The van der Waals surface area contributed by atoms with Gasteiger partial charge in [-0.3, -0.25) is 0 Å². The minimum atomic E-state index is -4.62. The number of nitrogens with one attached hydrogen (secondary N) is 1. The Labute approximate surface area is 138 Å². The molecule has 1 aliphatic heterocycles. The van der Waals surface area contributed by atoms with Crippen LogP contribution in [0.2, 0.25) is 5.02 Å². The van der Waals surface area contributed by atoms with Crippen molar-refractivity contribution in [3.63, 3.8) is 0 Å². The normalized spacial score (nSPS) is 20.5. The number of sulfonamides is 1. The Morgan fingerprint density at radius 1 is 1.36 bits per heavy atom. The molecular formula is C12H15Cl2F3N2O2S. The van der Waals surface area contributed by atoms with Gasteiger partial charge in [0.2, 0.25) is 10.0 Å². The van der Waals surface area contributed by atoms with Gasteiger partial charge in [-0.05, 0) is 25.1 Å². The van der Waals surface area contributed by atoms with Crippen LogP contribution in [0.3, 0.4) is 0 Å². The van der Waals surface area contributed by atoms with Gasteiger partial charge < -0.3 is 5.32 Å². The lowest BCUT2D eigenvalue weighted by Crippen LogP contribution is -2.51. The summed E-state index contributed by atoms with van der Waals surface area (Å²) in [4.78, 5) is -0.506. The molecule has 0 amide bonds. The molecule has 0 spiro atoms. The molecule has 1 saturated heterocycles. The van der Waals surface area contributed by atoms with Gasteiger partial charge in [-0.15, -0.1) is 12.4 Å². The number of piperazine rings is 1. The number of hydrogen-bond acceptors (Lipinski definition) is 3. The van der Waals surface area contributed by atoms with Crippen LogP contribution in [0.1, 0.15) is 12.5 Å². The second kappa shape index (κ2) is 6.92. The zero-order valence-electron chi connectivity index (χ0n) is 11.5. The lowest BCUT2D eigenvalue weighted by molar-refractivity contribution is -0.137. The SMILES string of the molecule is C[C@H]1CN(S(=O)(=O)c2cc(C(F)(F)F)ccc2Cl)CCN1.Cl. The van der Waals surface area contributed by atoms with Crippen LogP contribution in [-0.4, -0.2) is 38.4 Å².